The molecule has 3 aromatic carbocycles. The van der Waals surface area contributed by atoms with Crippen molar-refractivity contribution in [3.63, 3.8) is 0 Å². The van der Waals surface area contributed by atoms with Gasteiger partial charge in [-0.25, -0.2) is 8.42 Å². The first-order valence-corrected chi connectivity index (χ1v) is 15.3. The van der Waals surface area contributed by atoms with Gasteiger partial charge in [0.15, 0.2) is 0 Å². The Bertz CT molecular complexity index is 1420. The maximum absolute atomic E-state index is 13.6. The van der Waals surface area contributed by atoms with E-state index in [4.69, 9.17) is 11.6 Å². The lowest BCUT2D eigenvalue weighted by atomic mass is 9.48. The van der Waals surface area contributed by atoms with Gasteiger partial charge in [-0.3, -0.25) is 9.10 Å². The highest BCUT2D eigenvalue weighted by atomic mass is 35.5. The van der Waals surface area contributed by atoms with Gasteiger partial charge in [0.1, 0.15) is 6.54 Å². The van der Waals surface area contributed by atoms with Crippen molar-refractivity contribution in [3.05, 3.63) is 88.9 Å². The van der Waals surface area contributed by atoms with E-state index in [0.717, 1.165) is 27.6 Å². The Morgan fingerprint density at radius 1 is 0.895 bits per heavy atom. The van der Waals surface area contributed by atoms with Crippen LogP contribution in [0.3, 0.4) is 0 Å². The summed E-state index contributed by atoms with van der Waals surface area (Å²) in [5.41, 5.74) is 3.55. The van der Waals surface area contributed by atoms with Crippen molar-refractivity contribution in [1.29, 1.82) is 0 Å². The fourth-order valence-corrected chi connectivity index (χ4v) is 9.22. The number of aryl methyl sites for hydroxylation is 1. The van der Waals surface area contributed by atoms with Crippen LogP contribution in [-0.4, -0.2) is 20.9 Å². The molecule has 0 heterocycles. The van der Waals surface area contributed by atoms with Crippen LogP contribution in [0.2, 0.25) is 5.02 Å². The molecule has 0 atom stereocenters. The van der Waals surface area contributed by atoms with E-state index in [1.807, 2.05) is 19.1 Å². The van der Waals surface area contributed by atoms with E-state index in [1.54, 1.807) is 48.5 Å². The number of sulfonamides is 1. The summed E-state index contributed by atoms with van der Waals surface area (Å²) in [5, 5.41) is 3.17. The highest BCUT2D eigenvalue weighted by Crippen LogP contribution is 2.60. The maximum Gasteiger partial charge on any atom is 0.264 e. The van der Waals surface area contributed by atoms with E-state index in [2.05, 4.69) is 17.4 Å². The zero-order valence-corrected chi connectivity index (χ0v) is 23.1. The molecular formula is C31H33ClN2O3S. The molecule has 0 aliphatic heterocycles. The molecule has 1 amide bonds. The number of hydrogen-bond acceptors (Lipinski definition) is 3. The van der Waals surface area contributed by atoms with Crippen molar-refractivity contribution in [2.75, 3.05) is 16.2 Å². The summed E-state index contributed by atoms with van der Waals surface area (Å²) in [6.45, 7) is 1.50. The number of anilines is 2. The summed E-state index contributed by atoms with van der Waals surface area (Å²) < 4.78 is 28.3. The second kappa shape index (κ2) is 9.73. The van der Waals surface area contributed by atoms with Crippen LogP contribution in [0, 0.1) is 24.7 Å². The zero-order chi connectivity index (χ0) is 26.5. The molecule has 4 bridgehead atoms. The second-order valence-corrected chi connectivity index (χ2v) is 13.9. The number of carbonyl (C=O) groups excluding carboxylic acids is 1. The van der Waals surface area contributed by atoms with E-state index in [0.29, 0.717) is 11.1 Å². The van der Waals surface area contributed by atoms with E-state index in [9.17, 15) is 13.2 Å². The Morgan fingerprint density at radius 3 is 2.05 bits per heavy atom. The molecule has 198 valence electrons. The summed E-state index contributed by atoms with van der Waals surface area (Å²) in [6, 6.07) is 21.5. The van der Waals surface area contributed by atoms with Crippen LogP contribution in [0.15, 0.2) is 77.7 Å². The van der Waals surface area contributed by atoms with Crippen LogP contribution in [0.25, 0.3) is 0 Å². The van der Waals surface area contributed by atoms with E-state index >= 15 is 0 Å². The topological polar surface area (TPSA) is 66.5 Å². The van der Waals surface area contributed by atoms with Crippen LogP contribution in [0.5, 0.6) is 0 Å². The highest BCUT2D eigenvalue weighted by Gasteiger charge is 2.51. The molecule has 3 aromatic rings. The summed E-state index contributed by atoms with van der Waals surface area (Å²) in [6.07, 6.45) is 8.07. The summed E-state index contributed by atoms with van der Waals surface area (Å²) in [7, 11) is -4.03. The molecule has 0 unspecified atom stereocenters. The molecule has 7 rings (SSSR count). The standard InChI is InChI=1S/C31H33ClN2O3S/c1-21-6-12-27(13-7-21)38(36,37)34(29-5-3-2-4-28(29)32)20-30(35)33-26-10-8-25(9-11-26)31-17-22-14-23(18-31)16-24(15-22)19-31/h2-13,22-24H,14-20H2,1H3,(H,33,35). The average Bonchev–Trinajstić information content (AvgIpc) is 2.88. The molecule has 7 heteroatoms. The number of rotatable bonds is 7. The van der Waals surface area contributed by atoms with Crippen molar-refractivity contribution >= 4 is 38.9 Å². The van der Waals surface area contributed by atoms with Crippen LogP contribution in [0.1, 0.15) is 49.7 Å². The molecule has 4 aliphatic rings. The highest BCUT2D eigenvalue weighted by molar-refractivity contribution is 7.92. The molecule has 0 saturated heterocycles. The number of benzene rings is 3. The zero-order valence-electron chi connectivity index (χ0n) is 21.6. The molecule has 0 radical (unpaired) electrons. The Kier molecular flexibility index (Phi) is 6.51. The maximum atomic E-state index is 13.6. The van der Waals surface area contributed by atoms with Gasteiger partial charge in [0, 0.05) is 5.69 Å². The number of amides is 1. The molecule has 5 nitrogen and oxygen atoms in total. The summed E-state index contributed by atoms with van der Waals surface area (Å²) in [5.74, 6) is 2.17. The monoisotopic (exact) mass is 548 g/mol. The lowest BCUT2D eigenvalue weighted by Crippen LogP contribution is -2.48. The van der Waals surface area contributed by atoms with Crippen molar-refractivity contribution in [2.45, 2.75) is 55.8 Å². The summed E-state index contributed by atoms with van der Waals surface area (Å²) >= 11 is 6.39. The van der Waals surface area contributed by atoms with Gasteiger partial charge in [0.05, 0.1) is 15.6 Å². The number of carbonyl (C=O) groups is 1. The quantitative estimate of drug-likeness (QED) is 0.347. The fourth-order valence-electron chi connectivity index (χ4n) is 7.49. The Morgan fingerprint density at radius 2 is 1.47 bits per heavy atom. The van der Waals surface area contributed by atoms with Gasteiger partial charge in [-0.05, 0) is 111 Å². The van der Waals surface area contributed by atoms with Gasteiger partial charge in [-0.2, -0.15) is 0 Å². The molecule has 0 spiro atoms. The number of para-hydroxylation sites is 1. The second-order valence-electron chi connectivity index (χ2n) is 11.6. The fraction of sp³-hybridized carbons (Fsp3) is 0.387. The van der Waals surface area contributed by atoms with Gasteiger partial charge in [0.2, 0.25) is 5.91 Å². The summed E-state index contributed by atoms with van der Waals surface area (Å²) in [4.78, 5) is 13.3. The SMILES string of the molecule is Cc1ccc(S(=O)(=O)N(CC(=O)Nc2ccc(C34CC5CC(CC(C5)C3)C4)cc2)c2ccccc2Cl)cc1. The van der Waals surface area contributed by atoms with Crippen molar-refractivity contribution in [2.24, 2.45) is 17.8 Å². The van der Waals surface area contributed by atoms with E-state index in [-0.39, 0.29) is 15.6 Å². The van der Waals surface area contributed by atoms with Crippen LogP contribution in [0.4, 0.5) is 11.4 Å². The van der Waals surface area contributed by atoms with E-state index < -0.39 is 22.5 Å². The molecule has 0 aromatic heterocycles. The molecule has 4 fully saturated rings. The molecule has 38 heavy (non-hydrogen) atoms. The molecule has 4 saturated carbocycles. The lowest BCUT2D eigenvalue weighted by molar-refractivity contribution is -0.114. The van der Waals surface area contributed by atoms with E-state index in [1.165, 1.54) is 44.1 Å². The largest absolute Gasteiger partial charge is 0.325 e. The van der Waals surface area contributed by atoms with Gasteiger partial charge in [-0.15, -0.1) is 0 Å². The van der Waals surface area contributed by atoms with Gasteiger partial charge in [-0.1, -0.05) is 53.6 Å². The normalized spacial score (nSPS) is 25.8. The van der Waals surface area contributed by atoms with Crippen LogP contribution in [-0.2, 0) is 20.2 Å². The van der Waals surface area contributed by atoms with Gasteiger partial charge >= 0.3 is 0 Å². The van der Waals surface area contributed by atoms with Crippen LogP contribution < -0.4 is 9.62 Å². The minimum absolute atomic E-state index is 0.107. The van der Waals surface area contributed by atoms with Gasteiger partial charge in [0.25, 0.3) is 10.0 Å². The Balaban J connectivity index is 1.22. The number of nitrogens with zero attached hydrogens (tertiary/aromatic N) is 1. The Hall–Kier alpha value is -2.83. The third-order valence-corrected chi connectivity index (χ3v) is 10.9. The number of hydrogen-bond donors (Lipinski definition) is 1. The number of nitrogens with one attached hydrogen (secondary N) is 1. The molecular weight excluding hydrogens is 516 g/mol. The van der Waals surface area contributed by atoms with Crippen molar-refractivity contribution in [1.82, 2.24) is 0 Å². The number of halogens is 1. The van der Waals surface area contributed by atoms with Crippen molar-refractivity contribution in [3.8, 4) is 0 Å². The third-order valence-electron chi connectivity index (χ3n) is 8.84. The first kappa shape index (κ1) is 25.4. The smallest absolute Gasteiger partial charge is 0.264 e. The first-order valence-electron chi connectivity index (χ1n) is 13.5. The minimum atomic E-state index is -4.03. The average molecular weight is 549 g/mol. The predicted molar refractivity (Wildman–Crippen MR) is 152 cm³/mol. The molecule has 4 aliphatic carbocycles. The predicted octanol–water partition coefficient (Wildman–Crippen LogP) is 6.95. The Labute approximate surface area is 230 Å². The third kappa shape index (κ3) is 4.73. The van der Waals surface area contributed by atoms with Crippen LogP contribution >= 0.6 is 11.6 Å². The lowest BCUT2D eigenvalue weighted by Gasteiger charge is -2.57. The molecule has 1 N–H and O–H groups in total. The van der Waals surface area contributed by atoms with Gasteiger partial charge < -0.3 is 5.32 Å². The minimum Gasteiger partial charge on any atom is -0.325 e. The first-order chi connectivity index (χ1) is 18.2. The van der Waals surface area contributed by atoms with Crippen molar-refractivity contribution < 1.29 is 13.2 Å².